The van der Waals surface area contributed by atoms with E-state index >= 15 is 0 Å². The van der Waals surface area contributed by atoms with Crippen molar-refractivity contribution in [2.75, 3.05) is 0 Å². The molecule has 3 nitrogen and oxygen atoms in total. The van der Waals surface area contributed by atoms with Crippen LogP contribution in [0.4, 0.5) is 0 Å². The van der Waals surface area contributed by atoms with Gasteiger partial charge in [-0.1, -0.05) is 30.3 Å². The smallest absolute Gasteiger partial charge is 0.305 e. The van der Waals surface area contributed by atoms with Gasteiger partial charge in [0.25, 0.3) is 0 Å². The van der Waals surface area contributed by atoms with E-state index in [0.717, 1.165) is 22.3 Å². The molecule has 0 aliphatic rings. The van der Waals surface area contributed by atoms with Gasteiger partial charge in [-0.05, 0) is 30.7 Å². The Kier molecular flexibility index (Phi) is 2.11. The van der Waals surface area contributed by atoms with E-state index in [4.69, 9.17) is 0 Å². The van der Waals surface area contributed by atoms with E-state index < -0.39 is 0 Å². The Labute approximate surface area is 98.3 Å². The highest BCUT2D eigenvalue weighted by atomic mass is 16.1. The molecule has 84 valence electrons. The van der Waals surface area contributed by atoms with Crippen LogP contribution in [-0.2, 0) is 0 Å². The van der Waals surface area contributed by atoms with Crippen LogP contribution in [0.15, 0.2) is 53.3 Å². The van der Waals surface area contributed by atoms with Gasteiger partial charge in [-0.15, -0.1) is 0 Å². The number of nitrogens with zero attached hydrogens (tertiary/aromatic N) is 1. The van der Waals surface area contributed by atoms with Crippen LogP contribution in [0.5, 0.6) is 0 Å². The van der Waals surface area contributed by atoms with Crippen LogP contribution in [0.3, 0.4) is 0 Å². The largest absolute Gasteiger partial charge is 0.331 e. The SMILES string of the molecule is Cc1cccc2c1[nH]c(=O)n2-c1ccccc1. The highest BCUT2D eigenvalue weighted by Gasteiger charge is 2.08. The topological polar surface area (TPSA) is 37.8 Å². The maximum Gasteiger partial charge on any atom is 0.331 e. The number of benzene rings is 2. The van der Waals surface area contributed by atoms with Gasteiger partial charge in [0.05, 0.1) is 16.7 Å². The molecule has 0 saturated heterocycles. The van der Waals surface area contributed by atoms with Crippen molar-refractivity contribution in [3.63, 3.8) is 0 Å². The highest BCUT2D eigenvalue weighted by Crippen LogP contribution is 2.17. The molecule has 17 heavy (non-hydrogen) atoms. The zero-order valence-electron chi connectivity index (χ0n) is 9.47. The molecule has 0 aliphatic heterocycles. The summed E-state index contributed by atoms with van der Waals surface area (Å²) >= 11 is 0. The van der Waals surface area contributed by atoms with Gasteiger partial charge in [0, 0.05) is 0 Å². The zero-order chi connectivity index (χ0) is 11.8. The summed E-state index contributed by atoms with van der Waals surface area (Å²) in [4.78, 5) is 14.9. The minimum Gasteiger partial charge on any atom is -0.305 e. The van der Waals surface area contributed by atoms with Crippen molar-refractivity contribution in [3.05, 3.63) is 64.6 Å². The number of rotatable bonds is 1. The number of H-pyrrole nitrogens is 1. The second-order valence-electron chi connectivity index (χ2n) is 4.07. The van der Waals surface area contributed by atoms with Gasteiger partial charge in [0.2, 0.25) is 0 Å². The molecule has 0 spiro atoms. The molecule has 0 saturated carbocycles. The number of hydrogen-bond donors (Lipinski definition) is 1. The lowest BCUT2D eigenvalue weighted by Gasteiger charge is -2.02. The first-order valence-electron chi connectivity index (χ1n) is 5.53. The summed E-state index contributed by atoms with van der Waals surface area (Å²) in [6.07, 6.45) is 0. The van der Waals surface area contributed by atoms with Crippen LogP contribution in [-0.4, -0.2) is 9.55 Å². The lowest BCUT2D eigenvalue weighted by atomic mass is 10.2. The Morgan fingerprint density at radius 1 is 1.00 bits per heavy atom. The summed E-state index contributed by atoms with van der Waals surface area (Å²) in [7, 11) is 0. The maximum absolute atomic E-state index is 12.0. The number of aromatic nitrogens is 2. The molecular weight excluding hydrogens is 212 g/mol. The van der Waals surface area contributed by atoms with Crippen molar-refractivity contribution < 1.29 is 0 Å². The Hall–Kier alpha value is -2.29. The summed E-state index contributed by atoms with van der Waals surface area (Å²) in [5, 5.41) is 0. The molecule has 0 aliphatic carbocycles. The third-order valence-electron chi connectivity index (χ3n) is 2.94. The predicted octanol–water partition coefficient (Wildman–Crippen LogP) is 2.63. The van der Waals surface area contributed by atoms with Crippen molar-refractivity contribution in [1.29, 1.82) is 0 Å². The fourth-order valence-electron chi connectivity index (χ4n) is 2.11. The van der Waals surface area contributed by atoms with Gasteiger partial charge in [-0.3, -0.25) is 4.57 Å². The molecular formula is C14H12N2O. The molecule has 0 amide bonds. The van der Waals surface area contributed by atoms with Crippen LogP contribution in [0.1, 0.15) is 5.56 Å². The maximum atomic E-state index is 12.0. The summed E-state index contributed by atoms with van der Waals surface area (Å²) in [6, 6.07) is 15.6. The monoisotopic (exact) mass is 224 g/mol. The second-order valence-corrected chi connectivity index (χ2v) is 4.07. The Balaban J connectivity index is 2.42. The van der Waals surface area contributed by atoms with E-state index in [1.54, 1.807) is 4.57 Å². The van der Waals surface area contributed by atoms with E-state index in [1.807, 2.05) is 55.5 Å². The third kappa shape index (κ3) is 1.47. The number of hydrogen-bond acceptors (Lipinski definition) is 1. The van der Waals surface area contributed by atoms with Gasteiger partial charge in [-0.25, -0.2) is 4.79 Å². The summed E-state index contributed by atoms with van der Waals surface area (Å²) < 4.78 is 1.70. The second kappa shape index (κ2) is 3.63. The molecule has 3 heteroatoms. The van der Waals surface area contributed by atoms with Gasteiger partial charge in [0.15, 0.2) is 0 Å². The Bertz CT molecular complexity index is 723. The van der Waals surface area contributed by atoms with Gasteiger partial charge in [-0.2, -0.15) is 0 Å². The summed E-state index contributed by atoms with van der Waals surface area (Å²) in [6.45, 7) is 1.99. The molecule has 3 rings (SSSR count). The minimum atomic E-state index is -0.0968. The molecule has 0 atom stereocenters. The molecule has 0 bridgehead atoms. The van der Waals surface area contributed by atoms with Crippen LogP contribution < -0.4 is 5.69 Å². The Morgan fingerprint density at radius 2 is 1.76 bits per heavy atom. The number of fused-ring (bicyclic) bond motifs is 1. The van der Waals surface area contributed by atoms with Crippen molar-refractivity contribution in [2.45, 2.75) is 6.92 Å². The lowest BCUT2D eigenvalue weighted by molar-refractivity contribution is 1.02. The number of aryl methyl sites for hydroxylation is 1. The fourth-order valence-corrected chi connectivity index (χ4v) is 2.11. The van der Waals surface area contributed by atoms with Crippen molar-refractivity contribution in [2.24, 2.45) is 0 Å². The lowest BCUT2D eigenvalue weighted by Crippen LogP contribution is -2.14. The molecule has 1 heterocycles. The van der Waals surface area contributed by atoms with Crippen LogP contribution in [0, 0.1) is 6.92 Å². The first kappa shape index (κ1) is 9.90. The summed E-state index contributed by atoms with van der Waals surface area (Å²) in [5.74, 6) is 0. The molecule has 0 fully saturated rings. The fraction of sp³-hybridized carbons (Fsp3) is 0.0714. The van der Waals surface area contributed by atoms with E-state index in [-0.39, 0.29) is 5.69 Å². The third-order valence-corrected chi connectivity index (χ3v) is 2.94. The number of nitrogens with one attached hydrogen (secondary N) is 1. The molecule has 1 N–H and O–H groups in total. The molecule has 3 aromatic rings. The van der Waals surface area contributed by atoms with Gasteiger partial charge < -0.3 is 4.98 Å². The van der Waals surface area contributed by atoms with Gasteiger partial charge >= 0.3 is 5.69 Å². The van der Waals surface area contributed by atoms with E-state index in [1.165, 1.54) is 0 Å². The quantitative estimate of drug-likeness (QED) is 0.678. The van der Waals surface area contributed by atoms with Crippen LogP contribution in [0.25, 0.3) is 16.7 Å². The number of aromatic amines is 1. The van der Waals surface area contributed by atoms with E-state index in [2.05, 4.69) is 4.98 Å². The summed E-state index contributed by atoms with van der Waals surface area (Å²) in [5.41, 5.74) is 3.69. The van der Waals surface area contributed by atoms with Crippen LogP contribution in [0.2, 0.25) is 0 Å². The number of para-hydroxylation sites is 2. The first-order chi connectivity index (χ1) is 8.27. The van der Waals surface area contributed by atoms with Crippen molar-refractivity contribution in [1.82, 2.24) is 9.55 Å². The predicted molar refractivity (Wildman–Crippen MR) is 68.6 cm³/mol. The van der Waals surface area contributed by atoms with Gasteiger partial charge in [0.1, 0.15) is 0 Å². The average Bonchev–Trinajstić information content (AvgIpc) is 2.68. The van der Waals surface area contributed by atoms with E-state index in [9.17, 15) is 4.79 Å². The molecule has 2 aromatic carbocycles. The first-order valence-corrected chi connectivity index (χ1v) is 5.53. The average molecular weight is 224 g/mol. The normalized spacial score (nSPS) is 10.9. The molecule has 0 radical (unpaired) electrons. The Morgan fingerprint density at radius 3 is 2.53 bits per heavy atom. The standard InChI is InChI=1S/C14H12N2O/c1-10-6-5-9-12-13(10)15-14(17)16(12)11-7-3-2-4-8-11/h2-9H,1H3,(H,15,17). The van der Waals surface area contributed by atoms with Crippen molar-refractivity contribution in [3.8, 4) is 5.69 Å². The highest BCUT2D eigenvalue weighted by molar-refractivity contribution is 5.80. The number of imidazole rings is 1. The molecule has 0 unspecified atom stereocenters. The van der Waals surface area contributed by atoms with E-state index in [0.29, 0.717) is 0 Å². The van der Waals surface area contributed by atoms with Crippen LogP contribution >= 0.6 is 0 Å². The minimum absolute atomic E-state index is 0.0968. The zero-order valence-corrected chi connectivity index (χ0v) is 9.47. The molecule has 1 aromatic heterocycles. The van der Waals surface area contributed by atoms with Crippen molar-refractivity contribution >= 4 is 11.0 Å².